The van der Waals surface area contributed by atoms with E-state index in [9.17, 15) is 5.11 Å². The van der Waals surface area contributed by atoms with Crippen molar-refractivity contribution in [2.24, 2.45) is 5.41 Å². The summed E-state index contributed by atoms with van der Waals surface area (Å²) in [6, 6.07) is 0. The second-order valence-corrected chi connectivity index (χ2v) is 6.83. The van der Waals surface area contributed by atoms with Crippen LogP contribution in [0.5, 0.6) is 0 Å². The minimum absolute atomic E-state index is 0.121. The maximum absolute atomic E-state index is 9.96. The second-order valence-electron chi connectivity index (χ2n) is 6.83. The highest BCUT2D eigenvalue weighted by Crippen LogP contribution is 2.52. The van der Waals surface area contributed by atoms with Crippen molar-refractivity contribution in [1.29, 1.82) is 0 Å². The summed E-state index contributed by atoms with van der Waals surface area (Å²) < 4.78 is 0. The van der Waals surface area contributed by atoms with E-state index in [0.29, 0.717) is 12.0 Å². The Labute approximate surface area is 111 Å². The maximum Gasteiger partial charge on any atom is 0.0615 e. The highest BCUT2D eigenvalue weighted by Gasteiger charge is 2.46. The maximum atomic E-state index is 9.96. The average molecular weight is 252 g/mol. The van der Waals surface area contributed by atoms with E-state index in [-0.39, 0.29) is 5.54 Å². The molecule has 2 saturated carbocycles. The Kier molecular flexibility index (Phi) is 3.65. The quantitative estimate of drug-likeness (QED) is 0.786. The van der Waals surface area contributed by atoms with Crippen molar-refractivity contribution < 1.29 is 5.11 Å². The van der Waals surface area contributed by atoms with E-state index >= 15 is 0 Å². The number of hydrogen-bond acceptors (Lipinski definition) is 3. The Morgan fingerprint density at radius 1 is 0.889 bits per heavy atom. The Morgan fingerprint density at radius 3 is 2.06 bits per heavy atom. The summed E-state index contributed by atoms with van der Waals surface area (Å²) in [7, 11) is 0. The van der Waals surface area contributed by atoms with E-state index in [0.717, 1.165) is 26.2 Å². The zero-order valence-corrected chi connectivity index (χ0v) is 11.6. The van der Waals surface area contributed by atoms with Crippen LogP contribution in [0.4, 0.5) is 0 Å². The highest BCUT2D eigenvalue weighted by molar-refractivity contribution is 5.01. The van der Waals surface area contributed by atoms with Crippen molar-refractivity contribution >= 4 is 0 Å². The molecule has 3 nitrogen and oxygen atoms in total. The van der Waals surface area contributed by atoms with Crippen LogP contribution in [-0.2, 0) is 0 Å². The van der Waals surface area contributed by atoms with Crippen molar-refractivity contribution in [2.75, 3.05) is 32.8 Å². The van der Waals surface area contributed by atoms with E-state index < -0.39 is 0 Å². The molecule has 0 aromatic rings. The molecular formula is C15H28N2O. The largest absolute Gasteiger partial charge is 0.394 e. The Morgan fingerprint density at radius 2 is 1.50 bits per heavy atom. The predicted octanol–water partition coefficient (Wildman–Crippen LogP) is 1.76. The zero-order chi connectivity index (χ0) is 12.5. The van der Waals surface area contributed by atoms with Gasteiger partial charge in [0, 0.05) is 31.7 Å². The van der Waals surface area contributed by atoms with Gasteiger partial charge in [0.25, 0.3) is 0 Å². The molecule has 2 N–H and O–H groups in total. The molecule has 3 heteroatoms. The smallest absolute Gasteiger partial charge is 0.0615 e. The van der Waals surface area contributed by atoms with Gasteiger partial charge >= 0.3 is 0 Å². The van der Waals surface area contributed by atoms with Crippen molar-refractivity contribution in [2.45, 2.75) is 56.9 Å². The van der Waals surface area contributed by atoms with E-state index in [1.54, 1.807) is 0 Å². The Hall–Kier alpha value is -0.120. The molecule has 0 unspecified atom stereocenters. The first-order valence-corrected chi connectivity index (χ1v) is 7.85. The van der Waals surface area contributed by atoms with Gasteiger partial charge in [0.15, 0.2) is 0 Å². The molecule has 104 valence electrons. The predicted molar refractivity (Wildman–Crippen MR) is 73.6 cm³/mol. The van der Waals surface area contributed by atoms with Crippen LogP contribution in [0.2, 0.25) is 0 Å². The van der Waals surface area contributed by atoms with E-state index in [1.165, 1.54) is 51.4 Å². The standard InChI is InChI=1S/C15H28N2O/c18-13-15(17-11-9-16-10-12-17)7-5-14(6-8-15)3-1-2-4-14/h16,18H,1-13H2. The lowest BCUT2D eigenvalue weighted by Crippen LogP contribution is -2.60. The summed E-state index contributed by atoms with van der Waals surface area (Å²) in [5.74, 6) is 0. The average Bonchev–Trinajstić information content (AvgIpc) is 2.90. The fourth-order valence-corrected chi connectivity index (χ4v) is 4.58. The SMILES string of the molecule is OCC1(N2CCNCC2)CCC2(CCCC2)CC1. The molecule has 3 fully saturated rings. The van der Waals surface area contributed by atoms with Crippen LogP contribution in [-0.4, -0.2) is 48.3 Å². The number of aliphatic hydroxyl groups is 1. The molecule has 0 aromatic heterocycles. The lowest BCUT2D eigenvalue weighted by Gasteiger charge is -2.51. The van der Waals surface area contributed by atoms with E-state index in [2.05, 4.69) is 10.2 Å². The van der Waals surface area contributed by atoms with Crippen LogP contribution < -0.4 is 5.32 Å². The molecule has 18 heavy (non-hydrogen) atoms. The molecule has 1 saturated heterocycles. The highest BCUT2D eigenvalue weighted by atomic mass is 16.3. The summed E-state index contributed by atoms with van der Waals surface area (Å²) >= 11 is 0. The molecule has 1 heterocycles. The van der Waals surface area contributed by atoms with Gasteiger partial charge in [-0.25, -0.2) is 0 Å². The molecule has 0 bridgehead atoms. The van der Waals surface area contributed by atoms with Crippen molar-refractivity contribution in [3.05, 3.63) is 0 Å². The molecule has 3 rings (SSSR count). The van der Waals surface area contributed by atoms with Crippen LogP contribution in [0.3, 0.4) is 0 Å². The molecule has 0 aromatic carbocycles. The summed E-state index contributed by atoms with van der Waals surface area (Å²) in [6.45, 7) is 4.78. The van der Waals surface area contributed by atoms with Crippen LogP contribution in [0, 0.1) is 5.41 Å². The van der Waals surface area contributed by atoms with Gasteiger partial charge < -0.3 is 10.4 Å². The molecule has 0 atom stereocenters. The summed E-state index contributed by atoms with van der Waals surface area (Å²) in [5.41, 5.74) is 0.794. The summed E-state index contributed by atoms with van der Waals surface area (Å²) in [5, 5.41) is 13.4. The second kappa shape index (κ2) is 5.10. The van der Waals surface area contributed by atoms with Crippen LogP contribution in [0.25, 0.3) is 0 Å². The molecule has 1 spiro atoms. The third kappa shape index (κ3) is 2.21. The third-order valence-corrected chi connectivity index (χ3v) is 5.99. The van der Waals surface area contributed by atoms with Crippen molar-refractivity contribution in [3.8, 4) is 0 Å². The van der Waals surface area contributed by atoms with Gasteiger partial charge in [-0.3, -0.25) is 4.90 Å². The van der Waals surface area contributed by atoms with Crippen LogP contribution in [0.15, 0.2) is 0 Å². The number of nitrogens with one attached hydrogen (secondary N) is 1. The lowest BCUT2D eigenvalue weighted by atomic mass is 9.66. The van der Waals surface area contributed by atoms with Gasteiger partial charge in [0.2, 0.25) is 0 Å². The fourth-order valence-electron chi connectivity index (χ4n) is 4.58. The number of nitrogens with zero attached hydrogens (tertiary/aromatic N) is 1. The first-order valence-electron chi connectivity index (χ1n) is 7.85. The summed E-state index contributed by atoms with van der Waals surface area (Å²) in [6.07, 6.45) is 11.0. The molecular weight excluding hydrogens is 224 g/mol. The monoisotopic (exact) mass is 252 g/mol. The van der Waals surface area contributed by atoms with Gasteiger partial charge in [-0.2, -0.15) is 0 Å². The molecule has 0 radical (unpaired) electrons. The number of rotatable bonds is 2. The minimum atomic E-state index is 0.121. The van der Waals surface area contributed by atoms with Gasteiger partial charge in [-0.1, -0.05) is 12.8 Å². The Bertz CT molecular complexity index is 270. The minimum Gasteiger partial charge on any atom is -0.394 e. The summed E-state index contributed by atoms with van der Waals surface area (Å²) in [4.78, 5) is 2.57. The third-order valence-electron chi connectivity index (χ3n) is 5.99. The fraction of sp³-hybridized carbons (Fsp3) is 1.00. The molecule has 1 aliphatic heterocycles. The topological polar surface area (TPSA) is 35.5 Å². The number of hydrogen-bond donors (Lipinski definition) is 2. The number of piperazine rings is 1. The Balaban J connectivity index is 1.66. The van der Waals surface area contributed by atoms with Gasteiger partial charge in [0.1, 0.15) is 0 Å². The van der Waals surface area contributed by atoms with Gasteiger partial charge in [-0.15, -0.1) is 0 Å². The first kappa shape index (κ1) is 12.9. The van der Waals surface area contributed by atoms with E-state index in [1.807, 2.05) is 0 Å². The van der Waals surface area contributed by atoms with Gasteiger partial charge in [-0.05, 0) is 43.9 Å². The number of aliphatic hydroxyl groups excluding tert-OH is 1. The first-order chi connectivity index (χ1) is 8.79. The lowest BCUT2D eigenvalue weighted by molar-refractivity contribution is -0.0344. The zero-order valence-electron chi connectivity index (χ0n) is 11.6. The molecule has 0 amide bonds. The van der Waals surface area contributed by atoms with Gasteiger partial charge in [0.05, 0.1) is 6.61 Å². The van der Waals surface area contributed by atoms with Crippen LogP contribution >= 0.6 is 0 Å². The molecule has 3 aliphatic rings. The van der Waals surface area contributed by atoms with Crippen molar-refractivity contribution in [3.63, 3.8) is 0 Å². The van der Waals surface area contributed by atoms with E-state index in [4.69, 9.17) is 0 Å². The van der Waals surface area contributed by atoms with Crippen molar-refractivity contribution in [1.82, 2.24) is 10.2 Å². The molecule has 2 aliphatic carbocycles. The normalized spacial score (nSPS) is 31.8. The van der Waals surface area contributed by atoms with Crippen LogP contribution in [0.1, 0.15) is 51.4 Å².